The molecule has 1 amide bonds. The molecule has 0 saturated heterocycles. The second-order valence-electron chi connectivity index (χ2n) is 7.13. The van der Waals surface area contributed by atoms with E-state index in [-0.39, 0.29) is 12.0 Å². The fourth-order valence-corrected chi connectivity index (χ4v) is 4.02. The Bertz CT molecular complexity index is 1080. The number of hydrogen-bond donors (Lipinski definition) is 1. The van der Waals surface area contributed by atoms with E-state index >= 15 is 0 Å². The molecule has 4 rings (SSSR count). The van der Waals surface area contributed by atoms with Crippen LogP contribution in [0.1, 0.15) is 22.6 Å². The van der Waals surface area contributed by atoms with Crippen molar-refractivity contribution in [1.82, 2.24) is 5.32 Å². The lowest BCUT2D eigenvalue weighted by molar-refractivity contribution is -0.145. The summed E-state index contributed by atoms with van der Waals surface area (Å²) in [4.78, 5) is 25.3. The third-order valence-corrected chi connectivity index (χ3v) is 5.35. The maximum absolute atomic E-state index is 14.0. The van der Waals surface area contributed by atoms with E-state index < -0.39 is 35.5 Å². The van der Waals surface area contributed by atoms with Crippen molar-refractivity contribution in [2.24, 2.45) is 0 Å². The molecule has 0 saturated carbocycles. The minimum Gasteiger partial charge on any atom is -0.467 e. The van der Waals surface area contributed by atoms with Crippen LogP contribution < -0.4 is 5.32 Å². The van der Waals surface area contributed by atoms with Gasteiger partial charge in [0.2, 0.25) is 5.91 Å². The number of halogens is 2. The van der Waals surface area contributed by atoms with E-state index in [0.29, 0.717) is 0 Å². The van der Waals surface area contributed by atoms with E-state index in [1.165, 1.54) is 13.2 Å². The molecule has 1 aliphatic carbocycles. The third-order valence-electron chi connectivity index (χ3n) is 5.35. The van der Waals surface area contributed by atoms with E-state index in [1.54, 1.807) is 0 Å². The molecule has 1 atom stereocenters. The average molecular weight is 407 g/mol. The predicted octanol–water partition coefficient (Wildman–Crippen LogP) is 3.98. The molecule has 1 N–H and O–H groups in total. The van der Waals surface area contributed by atoms with Crippen molar-refractivity contribution in [2.45, 2.75) is 18.4 Å². The molecule has 0 aromatic heterocycles. The number of nitrogens with one attached hydrogen (secondary N) is 1. The van der Waals surface area contributed by atoms with Gasteiger partial charge in [0.05, 0.1) is 13.5 Å². The van der Waals surface area contributed by atoms with E-state index in [9.17, 15) is 18.4 Å². The Hall–Kier alpha value is -3.54. The Morgan fingerprint density at radius 3 is 2.13 bits per heavy atom. The maximum Gasteiger partial charge on any atom is 0.329 e. The molecule has 152 valence electrons. The van der Waals surface area contributed by atoms with E-state index in [2.05, 4.69) is 5.32 Å². The summed E-state index contributed by atoms with van der Waals surface area (Å²) in [5.74, 6) is -3.12. The fraction of sp³-hybridized carbons (Fsp3) is 0.167. The second-order valence-corrected chi connectivity index (χ2v) is 7.13. The lowest BCUT2D eigenvalue weighted by Crippen LogP contribution is -2.46. The summed E-state index contributed by atoms with van der Waals surface area (Å²) < 4.78 is 32.1. The molecule has 0 spiro atoms. The van der Waals surface area contributed by atoms with Crippen LogP contribution in [0.25, 0.3) is 11.1 Å². The Morgan fingerprint density at radius 2 is 1.57 bits per heavy atom. The highest BCUT2D eigenvalue weighted by molar-refractivity contribution is 5.90. The van der Waals surface area contributed by atoms with Crippen LogP contribution in [0.4, 0.5) is 8.78 Å². The zero-order chi connectivity index (χ0) is 21.3. The molecule has 0 bridgehead atoms. The van der Waals surface area contributed by atoms with Crippen molar-refractivity contribution in [1.29, 1.82) is 0 Å². The van der Waals surface area contributed by atoms with Crippen LogP contribution in [0.3, 0.4) is 0 Å². The summed E-state index contributed by atoms with van der Waals surface area (Å²) in [5.41, 5.74) is 3.84. The first-order valence-corrected chi connectivity index (χ1v) is 9.49. The van der Waals surface area contributed by atoms with E-state index in [1.807, 2.05) is 48.5 Å². The van der Waals surface area contributed by atoms with Crippen molar-refractivity contribution in [3.05, 3.63) is 95.1 Å². The summed E-state index contributed by atoms with van der Waals surface area (Å²) in [5, 5.41) is 2.71. The molecule has 30 heavy (non-hydrogen) atoms. The van der Waals surface area contributed by atoms with Gasteiger partial charge < -0.3 is 10.1 Å². The van der Waals surface area contributed by atoms with Gasteiger partial charge >= 0.3 is 5.97 Å². The van der Waals surface area contributed by atoms with Gasteiger partial charge in [0.15, 0.2) is 0 Å². The minimum atomic E-state index is -0.990. The molecule has 0 fully saturated rings. The third kappa shape index (κ3) is 3.56. The maximum atomic E-state index is 14.0. The smallest absolute Gasteiger partial charge is 0.329 e. The fourth-order valence-electron chi connectivity index (χ4n) is 4.02. The van der Waals surface area contributed by atoms with Gasteiger partial charge in [-0.3, -0.25) is 4.79 Å². The van der Waals surface area contributed by atoms with Crippen LogP contribution in [-0.2, 0) is 20.7 Å². The number of hydrogen-bond acceptors (Lipinski definition) is 3. The number of esters is 1. The number of carbonyl (C=O) groups excluding carboxylic acids is 2. The molecule has 1 aliphatic rings. The van der Waals surface area contributed by atoms with Crippen molar-refractivity contribution < 1.29 is 23.1 Å². The first-order valence-electron chi connectivity index (χ1n) is 9.49. The summed E-state index contributed by atoms with van der Waals surface area (Å²) in [7, 11) is 1.26. The monoisotopic (exact) mass is 407 g/mol. The summed E-state index contributed by atoms with van der Waals surface area (Å²) in [6.45, 7) is 0. The molecule has 0 radical (unpaired) electrons. The Kier molecular flexibility index (Phi) is 5.31. The number of methoxy groups -OCH3 is 1. The van der Waals surface area contributed by atoms with Crippen LogP contribution in [0.15, 0.2) is 66.7 Å². The van der Waals surface area contributed by atoms with Crippen molar-refractivity contribution >= 4 is 11.9 Å². The van der Waals surface area contributed by atoms with Crippen LogP contribution >= 0.6 is 0 Å². The standard InChI is InChI=1S/C24H19F2NO3/c1-30-24(29)23(27-21(28)12-14-10-11-15(25)13-20(14)26)22-18-8-4-2-6-16(18)17-7-3-5-9-19(17)22/h2-11,13,22-23H,12H2,1H3,(H,27,28)/t23-/m0/s1. The second kappa shape index (κ2) is 8.06. The number of ether oxygens (including phenoxy) is 1. The Balaban J connectivity index is 1.67. The van der Waals surface area contributed by atoms with Crippen molar-refractivity contribution in [3.8, 4) is 11.1 Å². The van der Waals surface area contributed by atoms with Crippen molar-refractivity contribution in [3.63, 3.8) is 0 Å². The zero-order valence-corrected chi connectivity index (χ0v) is 16.2. The number of carbonyl (C=O) groups is 2. The van der Waals surface area contributed by atoms with Crippen LogP contribution in [0, 0.1) is 11.6 Å². The first-order chi connectivity index (χ1) is 14.5. The Labute approximate surface area is 172 Å². The average Bonchev–Trinajstić information content (AvgIpc) is 3.08. The van der Waals surface area contributed by atoms with E-state index in [0.717, 1.165) is 34.4 Å². The summed E-state index contributed by atoms with van der Waals surface area (Å²) in [6.07, 6.45) is -0.324. The molecule has 3 aromatic rings. The topological polar surface area (TPSA) is 55.4 Å². The number of fused-ring (bicyclic) bond motifs is 3. The molecule has 3 aromatic carbocycles. The normalized spacial score (nSPS) is 13.3. The largest absolute Gasteiger partial charge is 0.467 e. The number of benzene rings is 3. The lowest BCUT2D eigenvalue weighted by atomic mass is 9.89. The van der Waals surface area contributed by atoms with Gasteiger partial charge in [0.25, 0.3) is 0 Å². The molecule has 0 aliphatic heterocycles. The molecular weight excluding hydrogens is 388 g/mol. The highest BCUT2D eigenvalue weighted by Gasteiger charge is 2.39. The first kappa shape index (κ1) is 19.8. The SMILES string of the molecule is COC(=O)[C@@H](NC(=O)Cc1ccc(F)cc1F)C1c2ccccc2-c2ccccc21. The molecule has 6 heteroatoms. The number of rotatable bonds is 5. The summed E-state index contributed by atoms with van der Waals surface area (Å²) in [6, 6.07) is 17.4. The van der Waals surface area contributed by atoms with Crippen LogP contribution in [0.5, 0.6) is 0 Å². The van der Waals surface area contributed by atoms with Crippen LogP contribution in [-0.4, -0.2) is 25.0 Å². The lowest BCUT2D eigenvalue weighted by Gasteiger charge is -2.24. The highest BCUT2D eigenvalue weighted by atomic mass is 19.1. The van der Waals surface area contributed by atoms with Gasteiger partial charge in [-0.1, -0.05) is 54.6 Å². The van der Waals surface area contributed by atoms with Crippen molar-refractivity contribution in [2.75, 3.05) is 7.11 Å². The van der Waals surface area contributed by atoms with Gasteiger partial charge in [-0.2, -0.15) is 0 Å². The van der Waals surface area contributed by atoms with Gasteiger partial charge in [-0.15, -0.1) is 0 Å². The van der Waals surface area contributed by atoms with Gasteiger partial charge in [-0.05, 0) is 33.9 Å². The molecular formula is C24H19F2NO3. The molecule has 4 nitrogen and oxygen atoms in total. The van der Waals surface area contributed by atoms with E-state index in [4.69, 9.17) is 4.74 Å². The molecule has 0 heterocycles. The van der Waals surface area contributed by atoms with Gasteiger partial charge in [-0.25, -0.2) is 13.6 Å². The summed E-state index contributed by atoms with van der Waals surface area (Å²) >= 11 is 0. The van der Waals surface area contributed by atoms with Gasteiger partial charge in [0.1, 0.15) is 17.7 Å². The molecule has 0 unspecified atom stereocenters. The predicted molar refractivity (Wildman–Crippen MR) is 108 cm³/mol. The minimum absolute atomic E-state index is 0.0461. The quantitative estimate of drug-likeness (QED) is 0.651. The van der Waals surface area contributed by atoms with Gasteiger partial charge in [0, 0.05) is 12.0 Å². The van der Waals surface area contributed by atoms with Crippen LogP contribution in [0.2, 0.25) is 0 Å². The Morgan fingerprint density at radius 1 is 0.967 bits per heavy atom. The zero-order valence-electron chi connectivity index (χ0n) is 16.2. The highest BCUT2D eigenvalue weighted by Crippen LogP contribution is 2.46. The number of amides is 1.